The number of nitrogens with zero attached hydrogens (tertiary/aromatic N) is 2. The molecule has 74 valence electrons. The number of furan rings is 1. The molecule has 3 N–H and O–H groups in total. The standard InChI is InChI=1S/C10H8N4O/c11-10-12-9(13-14-10)7-5-15-8-4-2-1-3-6(7)8/h1-5H,(H3,11,12,13,14). The Balaban J connectivity index is 2.27. The smallest absolute Gasteiger partial charge is 0.239 e. The van der Waals surface area contributed by atoms with Crippen LogP contribution in [0.2, 0.25) is 0 Å². The van der Waals surface area contributed by atoms with Crippen molar-refractivity contribution in [2.45, 2.75) is 0 Å². The minimum atomic E-state index is 0.232. The van der Waals surface area contributed by atoms with Crippen molar-refractivity contribution in [3.63, 3.8) is 0 Å². The lowest BCUT2D eigenvalue weighted by atomic mass is 10.2. The second-order valence-corrected chi connectivity index (χ2v) is 3.19. The lowest BCUT2D eigenvalue weighted by Gasteiger charge is -1.90. The first-order valence-corrected chi connectivity index (χ1v) is 4.49. The molecule has 0 amide bonds. The number of hydrogen-bond donors (Lipinski definition) is 2. The first-order valence-electron chi connectivity index (χ1n) is 4.49. The molecule has 0 saturated heterocycles. The van der Waals surface area contributed by atoms with Gasteiger partial charge in [-0.25, -0.2) is 0 Å². The van der Waals surface area contributed by atoms with E-state index >= 15 is 0 Å². The molecule has 3 aromatic rings. The Bertz CT molecular complexity index is 610. The quantitative estimate of drug-likeness (QED) is 0.627. The van der Waals surface area contributed by atoms with Gasteiger partial charge in [0.2, 0.25) is 5.95 Å². The molecule has 0 unspecified atom stereocenters. The summed E-state index contributed by atoms with van der Waals surface area (Å²) in [4.78, 5) is 4.05. The van der Waals surface area contributed by atoms with Crippen molar-refractivity contribution in [1.82, 2.24) is 15.2 Å². The van der Waals surface area contributed by atoms with E-state index in [4.69, 9.17) is 10.2 Å². The molecule has 0 spiro atoms. The highest BCUT2D eigenvalue weighted by molar-refractivity contribution is 5.91. The molecule has 2 heterocycles. The van der Waals surface area contributed by atoms with Gasteiger partial charge in [0.25, 0.3) is 0 Å². The maximum Gasteiger partial charge on any atom is 0.239 e. The molecule has 0 fully saturated rings. The van der Waals surface area contributed by atoms with E-state index in [9.17, 15) is 0 Å². The zero-order valence-corrected chi connectivity index (χ0v) is 7.77. The molecule has 0 aliphatic rings. The van der Waals surface area contributed by atoms with Gasteiger partial charge in [0, 0.05) is 5.39 Å². The van der Waals surface area contributed by atoms with Gasteiger partial charge >= 0.3 is 0 Å². The van der Waals surface area contributed by atoms with Crippen LogP contribution in [0.1, 0.15) is 0 Å². The first-order chi connectivity index (χ1) is 7.34. The summed E-state index contributed by atoms with van der Waals surface area (Å²) >= 11 is 0. The van der Waals surface area contributed by atoms with Gasteiger partial charge in [-0.05, 0) is 6.07 Å². The molecule has 0 saturated carbocycles. The summed E-state index contributed by atoms with van der Waals surface area (Å²) in [5.74, 6) is 0.854. The summed E-state index contributed by atoms with van der Waals surface area (Å²) in [6.45, 7) is 0. The first kappa shape index (κ1) is 8.05. The maximum atomic E-state index is 5.44. The molecular formula is C10H8N4O. The summed E-state index contributed by atoms with van der Waals surface area (Å²) < 4.78 is 5.38. The normalized spacial score (nSPS) is 10.9. The third-order valence-corrected chi connectivity index (χ3v) is 2.24. The average Bonchev–Trinajstić information content (AvgIpc) is 2.83. The highest BCUT2D eigenvalue weighted by Gasteiger charge is 2.10. The number of aromatic amines is 1. The molecule has 2 aromatic heterocycles. The second-order valence-electron chi connectivity index (χ2n) is 3.19. The number of H-pyrrole nitrogens is 1. The van der Waals surface area contributed by atoms with Crippen LogP contribution in [-0.2, 0) is 0 Å². The van der Waals surface area contributed by atoms with Crippen molar-refractivity contribution >= 4 is 16.9 Å². The van der Waals surface area contributed by atoms with Crippen LogP contribution < -0.4 is 5.73 Å². The Labute approximate surface area is 84.9 Å². The van der Waals surface area contributed by atoms with Crippen molar-refractivity contribution in [3.8, 4) is 11.4 Å². The van der Waals surface area contributed by atoms with Crippen molar-refractivity contribution in [2.24, 2.45) is 0 Å². The van der Waals surface area contributed by atoms with Gasteiger partial charge in [0.15, 0.2) is 5.82 Å². The van der Waals surface area contributed by atoms with E-state index < -0.39 is 0 Å². The largest absolute Gasteiger partial charge is 0.464 e. The van der Waals surface area contributed by atoms with Crippen molar-refractivity contribution in [3.05, 3.63) is 30.5 Å². The van der Waals surface area contributed by atoms with Crippen LogP contribution in [0, 0.1) is 0 Å². The zero-order valence-electron chi connectivity index (χ0n) is 7.77. The molecule has 0 aliphatic heterocycles. The SMILES string of the molecule is Nc1n[nH]c(-c2coc3ccccc23)n1. The highest BCUT2D eigenvalue weighted by Crippen LogP contribution is 2.27. The maximum absolute atomic E-state index is 5.44. The van der Waals surface area contributed by atoms with Gasteiger partial charge in [-0.1, -0.05) is 18.2 Å². The fourth-order valence-corrected chi connectivity index (χ4v) is 1.56. The lowest BCUT2D eigenvalue weighted by molar-refractivity contribution is 0.616. The van der Waals surface area contributed by atoms with Crippen LogP contribution in [0.3, 0.4) is 0 Å². The molecule has 15 heavy (non-hydrogen) atoms. The number of hydrogen-bond acceptors (Lipinski definition) is 4. The van der Waals surface area contributed by atoms with E-state index in [1.165, 1.54) is 0 Å². The van der Waals surface area contributed by atoms with Crippen LogP contribution in [0.4, 0.5) is 5.95 Å². The van der Waals surface area contributed by atoms with Crippen molar-refractivity contribution < 1.29 is 4.42 Å². The van der Waals surface area contributed by atoms with Crippen molar-refractivity contribution in [2.75, 3.05) is 5.73 Å². The van der Waals surface area contributed by atoms with Gasteiger partial charge in [-0.3, -0.25) is 5.10 Å². The number of nitrogen functional groups attached to an aromatic ring is 1. The minimum Gasteiger partial charge on any atom is -0.464 e. The summed E-state index contributed by atoms with van der Waals surface area (Å²) in [5.41, 5.74) is 7.14. The number of aromatic nitrogens is 3. The van der Waals surface area contributed by atoms with Gasteiger partial charge in [0.05, 0.1) is 5.56 Å². The Hall–Kier alpha value is -2.30. The summed E-state index contributed by atoms with van der Waals surface area (Å²) in [6.07, 6.45) is 1.64. The van der Waals surface area contributed by atoms with Crippen LogP contribution in [0.15, 0.2) is 34.9 Å². The molecule has 1 aromatic carbocycles. The minimum absolute atomic E-state index is 0.232. The third-order valence-electron chi connectivity index (χ3n) is 2.24. The number of rotatable bonds is 1. The highest BCUT2D eigenvalue weighted by atomic mass is 16.3. The molecule has 0 aliphatic carbocycles. The lowest BCUT2D eigenvalue weighted by Crippen LogP contribution is -1.85. The van der Waals surface area contributed by atoms with Gasteiger partial charge in [-0.2, -0.15) is 4.98 Å². The molecule has 5 heteroatoms. The van der Waals surface area contributed by atoms with Crippen LogP contribution in [0.5, 0.6) is 0 Å². The Morgan fingerprint density at radius 3 is 2.93 bits per heavy atom. The number of fused-ring (bicyclic) bond motifs is 1. The topological polar surface area (TPSA) is 80.7 Å². The monoisotopic (exact) mass is 200 g/mol. The fraction of sp³-hybridized carbons (Fsp3) is 0. The van der Waals surface area contributed by atoms with E-state index in [1.807, 2.05) is 24.3 Å². The predicted octanol–water partition coefficient (Wildman–Crippen LogP) is 1.80. The predicted molar refractivity (Wildman–Crippen MR) is 56.0 cm³/mol. The molecule has 5 nitrogen and oxygen atoms in total. The molecular weight excluding hydrogens is 192 g/mol. The molecule has 0 atom stereocenters. The van der Waals surface area contributed by atoms with Crippen LogP contribution in [-0.4, -0.2) is 15.2 Å². The van der Waals surface area contributed by atoms with Gasteiger partial charge in [-0.15, -0.1) is 5.10 Å². The zero-order chi connectivity index (χ0) is 10.3. The molecule has 0 bridgehead atoms. The third kappa shape index (κ3) is 1.17. The number of nitrogens with two attached hydrogens (primary N) is 1. The summed E-state index contributed by atoms with van der Waals surface area (Å²) in [6, 6.07) is 7.73. The van der Waals surface area contributed by atoms with Gasteiger partial charge in [0.1, 0.15) is 11.8 Å². The Morgan fingerprint density at radius 1 is 1.27 bits per heavy atom. The summed E-state index contributed by atoms with van der Waals surface area (Å²) in [5, 5.41) is 7.53. The second kappa shape index (κ2) is 2.84. The molecule has 0 radical (unpaired) electrons. The van der Waals surface area contributed by atoms with Crippen molar-refractivity contribution in [1.29, 1.82) is 0 Å². The van der Waals surface area contributed by atoms with E-state index in [0.29, 0.717) is 5.82 Å². The van der Waals surface area contributed by atoms with Crippen LogP contribution >= 0.6 is 0 Å². The average molecular weight is 200 g/mol. The number of anilines is 1. The van der Waals surface area contributed by atoms with Gasteiger partial charge < -0.3 is 10.2 Å². The van der Waals surface area contributed by atoms with E-state index in [2.05, 4.69) is 15.2 Å². The molecule has 3 rings (SSSR count). The van der Waals surface area contributed by atoms with E-state index in [-0.39, 0.29) is 5.95 Å². The number of nitrogens with one attached hydrogen (secondary N) is 1. The summed E-state index contributed by atoms with van der Waals surface area (Å²) in [7, 11) is 0. The van der Waals surface area contributed by atoms with E-state index in [1.54, 1.807) is 6.26 Å². The number of para-hydroxylation sites is 1. The van der Waals surface area contributed by atoms with Crippen LogP contribution in [0.25, 0.3) is 22.4 Å². The number of benzene rings is 1. The Morgan fingerprint density at radius 2 is 2.13 bits per heavy atom. The fourth-order valence-electron chi connectivity index (χ4n) is 1.56. The Kier molecular flexibility index (Phi) is 1.53. The van der Waals surface area contributed by atoms with E-state index in [0.717, 1.165) is 16.5 Å².